The number of anilines is 1. The molecule has 0 atom stereocenters. The fourth-order valence-electron chi connectivity index (χ4n) is 3.58. The van der Waals surface area contributed by atoms with Crippen LogP contribution in [0, 0.1) is 0 Å². The molecule has 0 radical (unpaired) electrons. The van der Waals surface area contributed by atoms with E-state index in [1.54, 1.807) is 0 Å². The van der Waals surface area contributed by atoms with Crippen LogP contribution in [0.25, 0.3) is 0 Å². The first kappa shape index (κ1) is 14.7. The van der Waals surface area contributed by atoms with E-state index in [1.165, 1.54) is 24.1 Å². The highest BCUT2D eigenvalue weighted by Crippen LogP contribution is 2.41. The Bertz CT molecular complexity index is 490. The van der Waals surface area contributed by atoms with Crippen LogP contribution >= 0.6 is 0 Å². The lowest BCUT2D eigenvalue weighted by Crippen LogP contribution is -2.55. The third-order valence-electron chi connectivity index (χ3n) is 4.76. The summed E-state index contributed by atoms with van der Waals surface area (Å²) in [4.78, 5) is 2.49. The van der Waals surface area contributed by atoms with E-state index in [0.717, 1.165) is 44.6 Å². The van der Waals surface area contributed by atoms with Crippen LogP contribution in [0.5, 0.6) is 5.75 Å². The van der Waals surface area contributed by atoms with Crippen LogP contribution in [0.4, 0.5) is 5.69 Å². The molecule has 1 aromatic carbocycles. The van der Waals surface area contributed by atoms with Gasteiger partial charge in [-0.2, -0.15) is 0 Å². The highest BCUT2D eigenvalue weighted by molar-refractivity contribution is 5.59. The van der Waals surface area contributed by atoms with Gasteiger partial charge < -0.3 is 14.7 Å². The van der Waals surface area contributed by atoms with Gasteiger partial charge in [-0.05, 0) is 62.8 Å². The molecule has 1 N–H and O–H groups in total. The summed E-state index contributed by atoms with van der Waals surface area (Å²) >= 11 is 0. The van der Waals surface area contributed by atoms with Gasteiger partial charge in [-0.15, -0.1) is 0 Å². The third kappa shape index (κ3) is 3.18. The van der Waals surface area contributed by atoms with Gasteiger partial charge in [-0.25, -0.2) is 0 Å². The molecule has 0 amide bonds. The molecule has 1 aliphatic heterocycles. The zero-order valence-corrected chi connectivity index (χ0v) is 13.3. The standard InChI is InChI=1S/C18H27NO2/c1-3-4-10-21-16-7-8-17-14(11-16)6-5-9-19(17)15-12-18(2,20)13-15/h7-8,11,15,20H,3-6,9-10,12-13H2,1-2H3. The van der Waals surface area contributed by atoms with Crippen molar-refractivity contribution in [1.29, 1.82) is 0 Å². The average molecular weight is 289 g/mol. The maximum absolute atomic E-state index is 9.98. The Morgan fingerprint density at radius 3 is 2.90 bits per heavy atom. The van der Waals surface area contributed by atoms with Crippen molar-refractivity contribution in [2.24, 2.45) is 0 Å². The molecule has 0 aromatic heterocycles. The van der Waals surface area contributed by atoms with Crippen molar-refractivity contribution < 1.29 is 9.84 Å². The summed E-state index contributed by atoms with van der Waals surface area (Å²) in [6.45, 7) is 6.05. The zero-order chi connectivity index (χ0) is 14.9. The number of hydrogen-bond acceptors (Lipinski definition) is 3. The fourth-order valence-corrected chi connectivity index (χ4v) is 3.58. The first-order valence-corrected chi connectivity index (χ1v) is 8.34. The Kier molecular flexibility index (Phi) is 4.12. The molecule has 21 heavy (non-hydrogen) atoms. The van der Waals surface area contributed by atoms with Gasteiger partial charge in [-0.3, -0.25) is 0 Å². The molecule has 1 fully saturated rings. The van der Waals surface area contributed by atoms with Crippen LogP contribution in [0.15, 0.2) is 18.2 Å². The van der Waals surface area contributed by atoms with E-state index in [1.807, 2.05) is 6.92 Å². The minimum Gasteiger partial charge on any atom is -0.494 e. The molecule has 1 aliphatic carbocycles. The van der Waals surface area contributed by atoms with E-state index in [2.05, 4.69) is 30.0 Å². The Morgan fingerprint density at radius 1 is 1.38 bits per heavy atom. The first-order valence-electron chi connectivity index (χ1n) is 8.34. The van der Waals surface area contributed by atoms with E-state index in [9.17, 15) is 5.11 Å². The lowest BCUT2D eigenvalue weighted by molar-refractivity contribution is -0.0312. The molecule has 116 valence electrons. The molecule has 3 nitrogen and oxygen atoms in total. The number of unbranched alkanes of at least 4 members (excludes halogenated alkanes) is 1. The van der Waals surface area contributed by atoms with E-state index < -0.39 is 5.60 Å². The molecule has 1 aromatic rings. The smallest absolute Gasteiger partial charge is 0.119 e. The van der Waals surface area contributed by atoms with Crippen molar-refractivity contribution in [2.45, 2.75) is 64.0 Å². The number of aliphatic hydroxyl groups is 1. The van der Waals surface area contributed by atoms with Crippen molar-refractivity contribution in [3.05, 3.63) is 23.8 Å². The van der Waals surface area contributed by atoms with Gasteiger partial charge in [0.1, 0.15) is 5.75 Å². The van der Waals surface area contributed by atoms with Crippen molar-refractivity contribution >= 4 is 5.69 Å². The van der Waals surface area contributed by atoms with Crippen molar-refractivity contribution in [2.75, 3.05) is 18.1 Å². The SMILES string of the molecule is CCCCOc1ccc2c(c1)CCCN2C1CC(C)(O)C1. The molecule has 1 heterocycles. The molecule has 0 spiro atoms. The number of aryl methyl sites for hydroxylation is 1. The number of ether oxygens (including phenoxy) is 1. The van der Waals surface area contributed by atoms with E-state index in [0.29, 0.717) is 6.04 Å². The molecule has 0 unspecified atom stereocenters. The van der Waals surface area contributed by atoms with Crippen molar-refractivity contribution in [3.63, 3.8) is 0 Å². The summed E-state index contributed by atoms with van der Waals surface area (Å²) in [7, 11) is 0. The van der Waals surface area contributed by atoms with E-state index in [-0.39, 0.29) is 0 Å². The number of rotatable bonds is 5. The molecule has 0 bridgehead atoms. The summed E-state index contributed by atoms with van der Waals surface area (Å²) in [5, 5.41) is 9.98. The predicted octanol–water partition coefficient (Wildman–Crippen LogP) is 3.53. The van der Waals surface area contributed by atoms with Crippen LogP contribution in [-0.4, -0.2) is 29.9 Å². The topological polar surface area (TPSA) is 32.7 Å². The Labute approximate surface area is 127 Å². The molecular formula is C18H27NO2. The molecule has 1 saturated carbocycles. The lowest BCUT2D eigenvalue weighted by atomic mass is 9.75. The number of nitrogens with zero attached hydrogens (tertiary/aromatic N) is 1. The van der Waals surface area contributed by atoms with Gasteiger partial charge in [0.2, 0.25) is 0 Å². The second-order valence-corrected chi connectivity index (χ2v) is 6.85. The van der Waals surface area contributed by atoms with Crippen molar-refractivity contribution in [3.8, 4) is 5.75 Å². The minimum atomic E-state index is -0.453. The summed E-state index contributed by atoms with van der Waals surface area (Å²) in [5.41, 5.74) is 2.30. The normalized spacial score (nSPS) is 28.0. The Morgan fingerprint density at radius 2 is 2.19 bits per heavy atom. The van der Waals surface area contributed by atoms with Crippen LogP contribution in [0.3, 0.4) is 0 Å². The zero-order valence-electron chi connectivity index (χ0n) is 13.3. The first-order chi connectivity index (χ1) is 10.1. The predicted molar refractivity (Wildman–Crippen MR) is 86.2 cm³/mol. The fraction of sp³-hybridized carbons (Fsp3) is 0.667. The lowest BCUT2D eigenvalue weighted by Gasteiger charge is -2.49. The number of benzene rings is 1. The van der Waals surface area contributed by atoms with Crippen LogP contribution in [-0.2, 0) is 6.42 Å². The summed E-state index contributed by atoms with van der Waals surface area (Å²) in [6, 6.07) is 7.03. The number of hydrogen-bond donors (Lipinski definition) is 1. The Balaban J connectivity index is 1.70. The highest BCUT2D eigenvalue weighted by Gasteiger charge is 2.42. The molecule has 3 rings (SSSR count). The van der Waals surface area contributed by atoms with Crippen LogP contribution in [0.1, 0.15) is 51.5 Å². The molecule has 2 aliphatic rings. The monoisotopic (exact) mass is 289 g/mol. The second-order valence-electron chi connectivity index (χ2n) is 6.85. The second kappa shape index (κ2) is 5.88. The molecular weight excluding hydrogens is 262 g/mol. The highest BCUT2D eigenvalue weighted by atomic mass is 16.5. The quantitative estimate of drug-likeness (QED) is 0.842. The van der Waals surface area contributed by atoms with Gasteiger partial charge in [0.25, 0.3) is 0 Å². The molecule has 0 saturated heterocycles. The van der Waals surface area contributed by atoms with Crippen LogP contribution < -0.4 is 9.64 Å². The summed E-state index contributed by atoms with van der Waals surface area (Å²) in [5.74, 6) is 1.00. The maximum Gasteiger partial charge on any atom is 0.119 e. The van der Waals surface area contributed by atoms with Crippen LogP contribution in [0.2, 0.25) is 0 Å². The Hall–Kier alpha value is -1.22. The largest absolute Gasteiger partial charge is 0.494 e. The minimum absolute atomic E-state index is 0.453. The summed E-state index contributed by atoms with van der Waals surface area (Å²) < 4.78 is 5.82. The number of fused-ring (bicyclic) bond motifs is 1. The van der Waals surface area contributed by atoms with Gasteiger partial charge in [-0.1, -0.05) is 13.3 Å². The van der Waals surface area contributed by atoms with Gasteiger partial charge in [0, 0.05) is 18.3 Å². The summed E-state index contributed by atoms with van der Waals surface area (Å²) in [6.07, 6.45) is 6.40. The molecule has 3 heteroatoms. The third-order valence-corrected chi connectivity index (χ3v) is 4.76. The maximum atomic E-state index is 9.98. The van der Waals surface area contributed by atoms with E-state index in [4.69, 9.17) is 4.74 Å². The van der Waals surface area contributed by atoms with Gasteiger partial charge in [0.15, 0.2) is 0 Å². The van der Waals surface area contributed by atoms with E-state index >= 15 is 0 Å². The van der Waals surface area contributed by atoms with Crippen molar-refractivity contribution in [1.82, 2.24) is 0 Å². The average Bonchev–Trinajstić information content (AvgIpc) is 2.44. The van der Waals surface area contributed by atoms with Gasteiger partial charge in [0.05, 0.1) is 12.2 Å². The van der Waals surface area contributed by atoms with Gasteiger partial charge >= 0.3 is 0 Å².